The van der Waals surface area contributed by atoms with Gasteiger partial charge in [0.2, 0.25) is 5.89 Å². The second kappa shape index (κ2) is 7.54. The Bertz CT molecular complexity index is 452. The quantitative estimate of drug-likeness (QED) is 0.720. The molecule has 1 aromatic heterocycles. The summed E-state index contributed by atoms with van der Waals surface area (Å²) in [6.07, 6.45) is 3.55. The predicted molar refractivity (Wildman–Crippen MR) is 75.8 cm³/mol. The molecule has 1 aliphatic heterocycles. The van der Waals surface area contributed by atoms with Crippen molar-refractivity contribution in [3.63, 3.8) is 0 Å². The van der Waals surface area contributed by atoms with Crippen molar-refractivity contribution in [3.05, 3.63) is 11.7 Å². The van der Waals surface area contributed by atoms with Crippen LogP contribution in [0.25, 0.3) is 0 Å². The second-order valence-corrected chi connectivity index (χ2v) is 5.82. The maximum atomic E-state index is 12.1. The molecule has 2 unspecified atom stereocenters. The van der Waals surface area contributed by atoms with Crippen LogP contribution >= 0.6 is 0 Å². The van der Waals surface area contributed by atoms with Crippen molar-refractivity contribution in [1.82, 2.24) is 10.1 Å². The van der Waals surface area contributed by atoms with Gasteiger partial charge in [0, 0.05) is 13.0 Å². The minimum atomic E-state index is -0.476. The van der Waals surface area contributed by atoms with E-state index in [1.54, 1.807) is 6.92 Å². The molecule has 2 rings (SSSR count). The first-order chi connectivity index (χ1) is 10.1. The summed E-state index contributed by atoms with van der Waals surface area (Å²) in [5.74, 6) is 0.534. The standard InChI is InChI=1S/C15H24N2O4/c1-4-19-15(18)12(8-10(2)3)14-16-13(17-21-14)9-11-6-5-7-20-11/h10-12H,4-9H2,1-3H3. The fourth-order valence-corrected chi connectivity index (χ4v) is 2.51. The van der Waals surface area contributed by atoms with Gasteiger partial charge >= 0.3 is 5.97 Å². The molecule has 0 spiro atoms. The lowest BCUT2D eigenvalue weighted by Crippen LogP contribution is -2.18. The van der Waals surface area contributed by atoms with E-state index in [-0.39, 0.29) is 12.1 Å². The summed E-state index contributed by atoms with van der Waals surface area (Å²) in [5.41, 5.74) is 0. The van der Waals surface area contributed by atoms with E-state index >= 15 is 0 Å². The van der Waals surface area contributed by atoms with Gasteiger partial charge in [0.1, 0.15) is 5.92 Å². The van der Waals surface area contributed by atoms with E-state index in [1.807, 2.05) is 0 Å². The third kappa shape index (κ3) is 4.52. The molecule has 0 amide bonds. The number of nitrogens with zero attached hydrogens (tertiary/aromatic N) is 2. The van der Waals surface area contributed by atoms with E-state index in [4.69, 9.17) is 14.0 Å². The average Bonchev–Trinajstić information content (AvgIpc) is 3.08. The largest absolute Gasteiger partial charge is 0.465 e. The van der Waals surface area contributed by atoms with Crippen molar-refractivity contribution in [2.75, 3.05) is 13.2 Å². The zero-order valence-electron chi connectivity index (χ0n) is 13.0. The number of carbonyl (C=O) groups excluding carboxylic acids is 1. The van der Waals surface area contributed by atoms with E-state index in [2.05, 4.69) is 24.0 Å². The number of hydrogen-bond donors (Lipinski definition) is 0. The van der Waals surface area contributed by atoms with E-state index < -0.39 is 5.92 Å². The first-order valence-corrected chi connectivity index (χ1v) is 7.70. The summed E-state index contributed by atoms with van der Waals surface area (Å²) in [7, 11) is 0. The molecule has 0 bridgehead atoms. The maximum absolute atomic E-state index is 12.1. The second-order valence-electron chi connectivity index (χ2n) is 5.82. The van der Waals surface area contributed by atoms with Gasteiger partial charge < -0.3 is 14.0 Å². The molecule has 6 nitrogen and oxygen atoms in total. The fraction of sp³-hybridized carbons (Fsp3) is 0.800. The molecule has 1 aliphatic rings. The lowest BCUT2D eigenvalue weighted by atomic mass is 9.97. The van der Waals surface area contributed by atoms with Crippen LogP contribution in [0.5, 0.6) is 0 Å². The van der Waals surface area contributed by atoms with E-state index in [0.29, 0.717) is 37.1 Å². The lowest BCUT2D eigenvalue weighted by Gasteiger charge is -2.13. The van der Waals surface area contributed by atoms with E-state index in [1.165, 1.54) is 0 Å². The highest BCUT2D eigenvalue weighted by molar-refractivity contribution is 5.76. The molecule has 0 saturated carbocycles. The summed E-state index contributed by atoms with van der Waals surface area (Å²) >= 11 is 0. The molecule has 0 radical (unpaired) electrons. The summed E-state index contributed by atoms with van der Waals surface area (Å²) in [6.45, 7) is 7.05. The minimum absolute atomic E-state index is 0.168. The molecular weight excluding hydrogens is 272 g/mol. The average molecular weight is 296 g/mol. The van der Waals surface area contributed by atoms with Gasteiger partial charge in [-0.3, -0.25) is 4.79 Å². The highest BCUT2D eigenvalue weighted by Gasteiger charge is 2.29. The molecule has 0 aliphatic carbocycles. The number of aromatic nitrogens is 2. The molecule has 1 aromatic rings. The first kappa shape index (κ1) is 15.9. The van der Waals surface area contributed by atoms with Crippen LogP contribution in [0.4, 0.5) is 0 Å². The van der Waals surface area contributed by atoms with Crippen molar-refractivity contribution in [1.29, 1.82) is 0 Å². The summed E-state index contributed by atoms with van der Waals surface area (Å²) < 4.78 is 16.0. The van der Waals surface area contributed by atoms with Gasteiger partial charge in [-0.25, -0.2) is 0 Å². The van der Waals surface area contributed by atoms with Gasteiger partial charge in [-0.05, 0) is 32.1 Å². The normalized spacial score (nSPS) is 19.9. The number of rotatable bonds is 7. The van der Waals surface area contributed by atoms with Crippen molar-refractivity contribution in [2.45, 2.75) is 58.5 Å². The van der Waals surface area contributed by atoms with Crippen LogP contribution < -0.4 is 0 Å². The van der Waals surface area contributed by atoms with Gasteiger partial charge in [-0.2, -0.15) is 4.98 Å². The summed E-state index contributed by atoms with van der Waals surface area (Å²) in [6, 6.07) is 0. The Morgan fingerprint density at radius 2 is 2.29 bits per heavy atom. The van der Waals surface area contributed by atoms with Gasteiger partial charge in [0.15, 0.2) is 5.82 Å². The highest BCUT2D eigenvalue weighted by Crippen LogP contribution is 2.25. The molecule has 1 fully saturated rings. The predicted octanol–water partition coefficient (Wildman–Crippen LogP) is 2.48. The van der Waals surface area contributed by atoms with Crippen LogP contribution in [0.1, 0.15) is 57.7 Å². The van der Waals surface area contributed by atoms with Crippen LogP contribution in [-0.2, 0) is 20.7 Å². The molecule has 21 heavy (non-hydrogen) atoms. The molecule has 6 heteroatoms. The van der Waals surface area contributed by atoms with Crippen LogP contribution in [-0.4, -0.2) is 35.4 Å². The Balaban J connectivity index is 2.04. The fourth-order valence-electron chi connectivity index (χ4n) is 2.51. The molecule has 118 valence electrons. The number of carbonyl (C=O) groups is 1. The van der Waals surface area contributed by atoms with Crippen molar-refractivity contribution in [3.8, 4) is 0 Å². The van der Waals surface area contributed by atoms with Crippen LogP contribution in [0, 0.1) is 5.92 Å². The Hall–Kier alpha value is -1.43. The zero-order valence-corrected chi connectivity index (χ0v) is 13.0. The third-order valence-corrected chi connectivity index (χ3v) is 3.49. The van der Waals surface area contributed by atoms with E-state index in [0.717, 1.165) is 19.4 Å². The summed E-state index contributed by atoms with van der Waals surface area (Å²) in [5, 5.41) is 3.98. The van der Waals surface area contributed by atoms with E-state index in [9.17, 15) is 4.79 Å². The Kier molecular flexibility index (Phi) is 5.73. The number of hydrogen-bond acceptors (Lipinski definition) is 6. The SMILES string of the molecule is CCOC(=O)C(CC(C)C)c1nc(CC2CCCO2)no1. The maximum Gasteiger partial charge on any atom is 0.318 e. The van der Waals surface area contributed by atoms with Gasteiger partial charge in [-0.15, -0.1) is 0 Å². The van der Waals surface area contributed by atoms with Crippen molar-refractivity contribution in [2.24, 2.45) is 5.92 Å². The topological polar surface area (TPSA) is 74.5 Å². The Morgan fingerprint density at radius 1 is 1.48 bits per heavy atom. The lowest BCUT2D eigenvalue weighted by molar-refractivity contribution is -0.146. The molecule has 2 atom stereocenters. The minimum Gasteiger partial charge on any atom is -0.465 e. The van der Waals surface area contributed by atoms with Crippen LogP contribution in [0.3, 0.4) is 0 Å². The zero-order chi connectivity index (χ0) is 15.2. The third-order valence-electron chi connectivity index (χ3n) is 3.49. The molecule has 2 heterocycles. The van der Waals surface area contributed by atoms with Crippen LogP contribution in [0.2, 0.25) is 0 Å². The number of ether oxygens (including phenoxy) is 2. The Morgan fingerprint density at radius 3 is 2.90 bits per heavy atom. The Labute approximate surface area is 125 Å². The monoisotopic (exact) mass is 296 g/mol. The number of esters is 1. The van der Waals surface area contributed by atoms with Crippen LogP contribution in [0.15, 0.2) is 4.52 Å². The smallest absolute Gasteiger partial charge is 0.318 e. The molecule has 1 saturated heterocycles. The first-order valence-electron chi connectivity index (χ1n) is 7.70. The van der Waals surface area contributed by atoms with Crippen molar-refractivity contribution >= 4 is 5.97 Å². The van der Waals surface area contributed by atoms with Gasteiger partial charge in [-0.1, -0.05) is 19.0 Å². The summed E-state index contributed by atoms with van der Waals surface area (Å²) in [4.78, 5) is 16.4. The highest BCUT2D eigenvalue weighted by atomic mass is 16.5. The molecule has 0 N–H and O–H groups in total. The van der Waals surface area contributed by atoms with Gasteiger partial charge in [0.05, 0.1) is 12.7 Å². The van der Waals surface area contributed by atoms with Gasteiger partial charge in [0.25, 0.3) is 0 Å². The molecular formula is C15H24N2O4. The van der Waals surface area contributed by atoms with Crippen molar-refractivity contribution < 1.29 is 18.8 Å². The molecule has 0 aromatic carbocycles.